The standard InChI is InChI=1S/C14H23NO2.C2HF3O2/c15-14-11-8-7-10(9-11)12(14)5-3-1-2-4-6-13(16)17;3-2(4,5)1(6)7/h1,3,10-12,14H,2,4-9,15H2,(H,16,17);(H,6,7)/b3-1-;/t10-,11+,12+,14+;/m0./s1. The molecular weight excluding hydrogens is 327 g/mol. The quantitative estimate of drug-likeness (QED) is 0.504. The summed E-state index contributed by atoms with van der Waals surface area (Å²) in [6, 6.07) is 0.414. The van der Waals surface area contributed by atoms with Crippen LogP contribution in [0.5, 0.6) is 0 Å². The summed E-state index contributed by atoms with van der Waals surface area (Å²) in [4.78, 5) is 19.2. The molecule has 0 amide bonds. The monoisotopic (exact) mass is 351 g/mol. The number of hydrogen-bond donors (Lipinski definition) is 3. The third-order valence-corrected chi connectivity index (χ3v) is 4.74. The van der Waals surface area contributed by atoms with Crippen LogP contribution in [0.2, 0.25) is 0 Å². The highest BCUT2D eigenvalue weighted by Crippen LogP contribution is 2.48. The van der Waals surface area contributed by atoms with E-state index in [9.17, 15) is 18.0 Å². The highest BCUT2D eigenvalue weighted by atomic mass is 19.4. The molecule has 8 heteroatoms. The van der Waals surface area contributed by atoms with Crippen LogP contribution in [0.3, 0.4) is 0 Å². The zero-order valence-electron chi connectivity index (χ0n) is 13.3. The summed E-state index contributed by atoms with van der Waals surface area (Å²) in [6.45, 7) is 0. The van der Waals surface area contributed by atoms with E-state index in [1.807, 2.05) is 0 Å². The average molecular weight is 351 g/mol. The number of carboxylic acids is 2. The number of halogens is 3. The highest BCUT2D eigenvalue weighted by Gasteiger charge is 2.44. The van der Waals surface area contributed by atoms with Crippen molar-refractivity contribution in [2.24, 2.45) is 23.5 Å². The molecule has 2 saturated carbocycles. The Hall–Kier alpha value is -1.57. The molecule has 2 aliphatic rings. The summed E-state index contributed by atoms with van der Waals surface area (Å²) in [5.74, 6) is -1.13. The third-order valence-electron chi connectivity index (χ3n) is 4.74. The first kappa shape index (κ1) is 20.5. The van der Waals surface area contributed by atoms with Crippen LogP contribution in [0.4, 0.5) is 13.2 Å². The zero-order valence-corrected chi connectivity index (χ0v) is 13.3. The van der Waals surface area contributed by atoms with Crippen molar-refractivity contribution in [3.8, 4) is 0 Å². The Balaban J connectivity index is 0.000000351. The predicted molar refractivity (Wildman–Crippen MR) is 81.2 cm³/mol. The van der Waals surface area contributed by atoms with Gasteiger partial charge in [-0.05, 0) is 56.3 Å². The molecule has 0 unspecified atom stereocenters. The van der Waals surface area contributed by atoms with E-state index in [0.29, 0.717) is 12.0 Å². The van der Waals surface area contributed by atoms with Gasteiger partial charge in [-0.1, -0.05) is 12.2 Å². The predicted octanol–water partition coefficient (Wildman–Crippen LogP) is 3.19. The maximum absolute atomic E-state index is 10.6. The molecule has 138 valence electrons. The summed E-state index contributed by atoms with van der Waals surface area (Å²) in [6.07, 6.45) is 6.30. The van der Waals surface area contributed by atoms with Crippen LogP contribution in [0, 0.1) is 17.8 Å². The normalized spacial score (nSPS) is 28.7. The number of unbranched alkanes of at least 4 members (excludes halogenated alkanes) is 1. The van der Waals surface area contributed by atoms with Crippen molar-refractivity contribution in [2.75, 3.05) is 0 Å². The van der Waals surface area contributed by atoms with Gasteiger partial charge in [0.05, 0.1) is 0 Å². The lowest BCUT2D eigenvalue weighted by Gasteiger charge is -2.27. The summed E-state index contributed by atoms with van der Waals surface area (Å²) in [5.41, 5.74) is 6.23. The molecule has 0 aromatic carbocycles. The maximum atomic E-state index is 10.6. The molecule has 2 aliphatic carbocycles. The molecule has 4 N–H and O–H groups in total. The van der Waals surface area contributed by atoms with Gasteiger partial charge in [0.2, 0.25) is 0 Å². The van der Waals surface area contributed by atoms with Gasteiger partial charge in [0.1, 0.15) is 0 Å². The fraction of sp³-hybridized carbons (Fsp3) is 0.750. The van der Waals surface area contributed by atoms with Crippen molar-refractivity contribution in [3.63, 3.8) is 0 Å². The molecular formula is C16H24F3NO4. The number of nitrogens with two attached hydrogens (primary N) is 1. The Bertz CT molecular complexity index is 463. The molecule has 0 aliphatic heterocycles. The van der Waals surface area contributed by atoms with E-state index in [-0.39, 0.29) is 6.42 Å². The molecule has 2 bridgehead atoms. The molecule has 0 aromatic rings. The van der Waals surface area contributed by atoms with Crippen molar-refractivity contribution >= 4 is 11.9 Å². The third kappa shape index (κ3) is 6.51. The number of rotatable bonds is 6. The highest BCUT2D eigenvalue weighted by molar-refractivity contribution is 5.73. The first-order valence-corrected chi connectivity index (χ1v) is 8.05. The smallest absolute Gasteiger partial charge is 0.481 e. The van der Waals surface area contributed by atoms with Crippen LogP contribution in [-0.4, -0.2) is 34.4 Å². The number of allylic oxidation sites excluding steroid dienone is 2. The molecule has 2 rings (SSSR count). The maximum Gasteiger partial charge on any atom is 0.490 e. The van der Waals surface area contributed by atoms with E-state index < -0.39 is 18.1 Å². The Morgan fingerprint density at radius 1 is 1.12 bits per heavy atom. The minimum Gasteiger partial charge on any atom is -0.481 e. The Morgan fingerprint density at radius 3 is 2.17 bits per heavy atom. The Kier molecular flexibility index (Phi) is 7.72. The molecule has 2 fully saturated rings. The van der Waals surface area contributed by atoms with Gasteiger partial charge < -0.3 is 15.9 Å². The van der Waals surface area contributed by atoms with Gasteiger partial charge >= 0.3 is 18.1 Å². The van der Waals surface area contributed by atoms with E-state index in [0.717, 1.165) is 31.1 Å². The summed E-state index contributed by atoms with van der Waals surface area (Å²) < 4.78 is 31.7. The molecule has 4 atom stereocenters. The average Bonchev–Trinajstić information content (AvgIpc) is 3.04. The van der Waals surface area contributed by atoms with Gasteiger partial charge in [-0.15, -0.1) is 0 Å². The minimum absolute atomic E-state index is 0.276. The van der Waals surface area contributed by atoms with Crippen LogP contribution < -0.4 is 5.73 Å². The van der Waals surface area contributed by atoms with E-state index in [2.05, 4.69) is 12.2 Å². The molecule has 0 radical (unpaired) electrons. The lowest BCUT2D eigenvalue weighted by molar-refractivity contribution is -0.192. The second kappa shape index (κ2) is 9.05. The van der Waals surface area contributed by atoms with Crippen molar-refractivity contribution in [1.82, 2.24) is 0 Å². The molecule has 24 heavy (non-hydrogen) atoms. The van der Waals surface area contributed by atoms with Gasteiger partial charge in [-0.25, -0.2) is 4.79 Å². The van der Waals surface area contributed by atoms with E-state index >= 15 is 0 Å². The summed E-state index contributed by atoms with van der Waals surface area (Å²) in [5, 5.41) is 15.6. The Labute approximate surface area is 138 Å². The number of fused-ring (bicyclic) bond motifs is 2. The first-order valence-electron chi connectivity index (χ1n) is 8.05. The van der Waals surface area contributed by atoms with Gasteiger partial charge in [-0.2, -0.15) is 13.2 Å². The summed E-state index contributed by atoms with van der Waals surface area (Å²) in [7, 11) is 0. The van der Waals surface area contributed by atoms with Crippen molar-refractivity contribution in [2.45, 2.75) is 57.2 Å². The van der Waals surface area contributed by atoms with E-state index in [1.54, 1.807) is 0 Å². The van der Waals surface area contributed by atoms with Crippen LogP contribution in [0.1, 0.15) is 44.9 Å². The van der Waals surface area contributed by atoms with Gasteiger partial charge in [-0.3, -0.25) is 4.79 Å². The Morgan fingerprint density at radius 2 is 1.71 bits per heavy atom. The lowest BCUT2D eigenvalue weighted by Crippen LogP contribution is -2.35. The van der Waals surface area contributed by atoms with E-state index in [1.165, 1.54) is 19.3 Å². The van der Waals surface area contributed by atoms with E-state index in [4.69, 9.17) is 20.7 Å². The number of alkyl halides is 3. The van der Waals surface area contributed by atoms with Crippen LogP contribution in [-0.2, 0) is 9.59 Å². The number of aliphatic carboxylic acids is 2. The minimum atomic E-state index is -5.08. The largest absolute Gasteiger partial charge is 0.490 e. The zero-order chi connectivity index (χ0) is 18.3. The van der Waals surface area contributed by atoms with Crippen LogP contribution in [0.15, 0.2) is 12.2 Å². The van der Waals surface area contributed by atoms with Gasteiger partial charge in [0.25, 0.3) is 0 Å². The fourth-order valence-electron chi connectivity index (χ4n) is 3.55. The van der Waals surface area contributed by atoms with Crippen LogP contribution >= 0.6 is 0 Å². The second-order valence-electron chi connectivity index (χ2n) is 6.37. The fourth-order valence-corrected chi connectivity index (χ4v) is 3.55. The number of carbonyl (C=O) groups is 2. The molecule has 0 spiro atoms. The SMILES string of the molecule is N[C@@H]1[C@@H]2CC[C@@H](C2)[C@H]1C/C=C\CCCC(=O)O.O=C(O)C(F)(F)F. The number of carboxylic acid groups (broad SMARTS) is 2. The topological polar surface area (TPSA) is 101 Å². The molecule has 5 nitrogen and oxygen atoms in total. The molecule has 0 heterocycles. The van der Waals surface area contributed by atoms with Crippen molar-refractivity contribution in [1.29, 1.82) is 0 Å². The molecule has 0 saturated heterocycles. The van der Waals surface area contributed by atoms with Crippen LogP contribution in [0.25, 0.3) is 0 Å². The van der Waals surface area contributed by atoms with Gasteiger partial charge in [0.15, 0.2) is 0 Å². The lowest BCUT2D eigenvalue weighted by atomic mass is 9.83. The second-order valence-corrected chi connectivity index (χ2v) is 6.37. The first-order chi connectivity index (χ1) is 11.1. The number of hydrogen-bond acceptors (Lipinski definition) is 3. The summed E-state index contributed by atoms with van der Waals surface area (Å²) >= 11 is 0. The van der Waals surface area contributed by atoms with Gasteiger partial charge in [0, 0.05) is 12.5 Å². The molecule has 0 aromatic heterocycles. The van der Waals surface area contributed by atoms with Crippen molar-refractivity contribution < 1.29 is 33.0 Å². The van der Waals surface area contributed by atoms with Crippen molar-refractivity contribution in [3.05, 3.63) is 12.2 Å².